The molecule has 0 saturated carbocycles. The van der Waals surface area contributed by atoms with Gasteiger partial charge in [-0.2, -0.15) is 5.10 Å². The Morgan fingerprint density at radius 3 is 2.50 bits per heavy atom. The van der Waals surface area contributed by atoms with E-state index in [0.29, 0.717) is 6.54 Å². The highest BCUT2D eigenvalue weighted by atomic mass is 15.3. The van der Waals surface area contributed by atoms with E-state index in [1.54, 1.807) is 11.0 Å². The second-order valence-corrected chi connectivity index (χ2v) is 4.66. The Morgan fingerprint density at radius 1 is 1.15 bits per heavy atom. The number of aryl methyl sites for hydroxylation is 1. The van der Waals surface area contributed by atoms with Crippen LogP contribution in [0.2, 0.25) is 0 Å². The van der Waals surface area contributed by atoms with Gasteiger partial charge >= 0.3 is 0 Å². The molecule has 0 saturated heterocycles. The number of hydrogen-bond donors (Lipinski definition) is 2. The predicted molar refractivity (Wildman–Crippen MR) is 80.7 cm³/mol. The lowest BCUT2D eigenvalue weighted by molar-refractivity contribution is 0.746. The number of nitrogens with zero attached hydrogens (tertiary/aromatic N) is 4. The molecule has 2 rings (SSSR count). The lowest BCUT2D eigenvalue weighted by atomic mass is 10.2. The lowest BCUT2D eigenvalue weighted by Crippen LogP contribution is -2.10. The molecule has 0 unspecified atom stereocenters. The summed E-state index contributed by atoms with van der Waals surface area (Å²) >= 11 is 0. The molecular weight excluding hydrogens is 252 g/mol. The molecular formula is C14H22N6. The van der Waals surface area contributed by atoms with Crippen molar-refractivity contribution in [2.45, 2.75) is 33.2 Å². The molecule has 2 heterocycles. The van der Waals surface area contributed by atoms with E-state index < -0.39 is 0 Å². The first kappa shape index (κ1) is 14.3. The minimum atomic E-state index is 0.665. The van der Waals surface area contributed by atoms with Crippen molar-refractivity contribution in [3.63, 3.8) is 0 Å². The molecule has 0 spiro atoms. The summed E-state index contributed by atoms with van der Waals surface area (Å²) in [6.45, 7) is 5.84. The average Bonchev–Trinajstić information content (AvgIpc) is 2.88. The fraction of sp³-hybridized carbons (Fsp3) is 0.500. The van der Waals surface area contributed by atoms with Crippen LogP contribution in [-0.2, 0) is 20.0 Å². The predicted octanol–water partition coefficient (Wildman–Crippen LogP) is 2.21. The third-order valence-electron chi connectivity index (χ3n) is 3.05. The quantitative estimate of drug-likeness (QED) is 0.810. The van der Waals surface area contributed by atoms with Crippen molar-refractivity contribution in [1.29, 1.82) is 0 Å². The first-order valence-electron chi connectivity index (χ1n) is 7.04. The Kier molecular flexibility index (Phi) is 4.92. The summed E-state index contributed by atoms with van der Waals surface area (Å²) in [6.07, 6.45) is 5.49. The number of aromatic nitrogens is 4. The van der Waals surface area contributed by atoms with E-state index in [-0.39, 0.29) is 0 Å². The van der Waals surface area contributed by atoms with Crippen LogP contribution in [0.5, 0.6) is 0 Å². The Balaban J connectivity index is 2.10. The van der Waals surface area contributed by atoms with Gasteiger partial charge in [-0.25, -0.2) is 9.97 Å². The fourth-order valence-electron chi connectivity index (χ4n) is 2.03. The standard InChI is InChI=1S/C14H22N6/c1-4-7-15-13-12(5-2)14(18-10-17-13)16-9-11-6-8-20(3)19-11/h6,8,10H,4-5,7,9H2,1-3H3,(H2,15,16,17,18). The molecule has 6 nitrogen and oxygen atoms in total. The van der Waals surface area contributed by atoms with Gasteiger partial charge in [0.1, 0.15) is 18.0 Å². The molecule has 0 aromatic carbocycles. The first-order chi connectivity index (χ1) is 9.74. The van der Waals surface area contributed by atoms with E-state index in [0.717, 1.165) is 42.3 Å². The van der Waals surface area contributed by atoms with E-state index in [2.05, 4.69) is 39.5 Å². The van der Waals surface area contributed by atoms with Crippen molar-refractivity contribution in [2.24, 2.45) is 7.05 Å². The van der Waals surface area contributed by atoms with E-state index in [9.17, 15) is 0 Å². The van der Waals surface area contributed by atoms with Crippen LogP contribution in [0.15, 0.2) is 18.6 Å². The smallest absolute Gasteiger partial charge is 0.135 e. The molecule has 108 valence electrons. The van der Waals surface area contributed by atoms with E-state index in [4.69, 9.17) is 0 Å². The van der Waals surface area contributed by atoms with Crippen LogP contribution in [0.4, 0.5) is 11.6 Å². The van der Waals surface area contributed by atoms with E-state index in [1.165, 1.54) is 0 Å². The van der Waals surface area contributed by atoms with Gasteiger partial charge in [-0.3, -0.25) is 4.68 Å². The van der Waals surface area contributed by atoms with Gasteiger partial charge in [-0.1, -0.05) is 13.8 Å². The number of nitrogens with one attached hydrogen (secondary N) is 2. The molecule has 6 heteroatoms. The maximum absolute atomic E-state index is 4.35. The SMILES string of the molecule is CCCNc1ncnc(NCc2ccn(C)n2)c1CC. The number of hydrogen-bond acceptors (Lipinski definition) is 5. The van der Waals surface area contributed by atoms with Crippen molar-refractivity contribution in [3.8, 4) is 0 Å². The minimum Gasteiger partial charge on any atom is -0.370 e. The largest absolute Gasteiger partial charge is 0.370 e. The summed E-state index contributed by atoms with van der Waals surface area (Å²) in [6, 6.07) is 2.00. The topological polar surface area (TPSA) is 67.7 Å². The van der Waals surface area contributed by atoms with Gasteiger partial charge in [0.05, 0.1) is 12.2 Å². The van der Waals surface area contributed by atoms with E-state index >= 15 is 0 Å². The number of anilines is 2. The molecule has 0 atom stereocenters. The highest BCUT2D eigenvalue weighted by Gasteiger charge is 2.09. The summed E-state index contributed by atoms with van der Waals surface area (Å²) in [5.41, 5.74) is 2.12. The second-order valence-electron chi connectivity index (χ2n) is 4.66. The lowest BCUT2D eigenvalue weighted by Gasteiger charge is -2.13. The van der Waals surface area contributed by atoms with Crippen LogP contribution in [0.3, 0.4) is 0 Å². The zero-order chi connectivity index (χ0) is 14.4. The highest BCUT2D eigenvalue weighted by molar-refractivity contribution is 5.57. The Bertz CT molecular complexity index is 548. The summed E-state index contributed by atoms with van der Waals surface area (Å²) in [7, 11) is 1.92. The molecule has 2 N–H and O–H groups in total. The highest BCUT2D eigenvalue weighted by Crippen LogP contribution is 2.20. The van der Waals surface area contributed by atoms with Crippen molar-refractivity contribution >= 4 is 11.6 Å². The summed E-state index contributed by atoms with van der Waals surface area (Å²) in [5.74, 6) is 1.81. The maximum Gasteiger partial charge on any atom is 0.135 e. The molecule has 0 aliphatic carbocycles. The minimum absolute atomic E-state index is 0.665. The second kappa shape index (κ2) is 6.88. The molecule has 0 radical (unpaired) electrons. The average molecular weight is 274 g/mol. The number of rotatable bonds is 7. The molecule has 2 aromatic heterocycles. The van der Waals surface area contributed by atoms with Gasteiger partial charge in [-0.15, -0.1) is 0 Å². The Morgan fingerprint density at radius 2 is 1.90 bits per heavy atom. The summed E-state index contributed by atoms with van der Waals surface area (Å²) in [4.78, 5) is 8.67. The zero-order valence-electron chi connectivity index (χ0n) is 12.3. The van der Waals surface area contributed by atoms with Crippen molar-refractivity contribution in [2.75, 3.05) is 17.2 Å². The summed E-state index contributed by atoms with van der Waals surface area (Å²) in [5, 5.41) is 11.0. The molecule has 0 amide bonds. The van der Waals surface area contributed by atoms with Crippen LogP contribution < -0.4 is 10.6 Å². The summed E-state index contributed by atoms with van der Waals surface area (Å²) < 4.78 is 1.80. The van der Waals surface area contributed by atoms with Crippen molar-refractivity contribution in [1.82, 2.24) is 19.7 Å². The van der Waals surface area contributed by atoms with Gasteiger partial charge in [-0.05, 0) is 18.9 Å². The van der Waals surface area contributed by atoms with Crippen LogP contribution >= 0.6 is 0 Å². The van der Waals surface area contributed by atoms with Crippen molar-refractivity contribution < 1.29 is 0 Å². The van der Waals surface area contributed by atoms with Gasteiger partial charge in [0.15, 0.2) is 0 Å². The molecule has 0 bridgehead atoms. The van der Waals surface area contributed by atoms with Crippen LogP contribution in [0.1, 0.15) is 31.5 Å². The monoisotopic (exact) mass is 274 g/mol. The fourth-order valence-corrected chi connectivity index (χ4v) is 2.03. The molecule has 0 aliphatic heterocycles. The van der Waals surface area contributed by atoms with Crippen LogP contribution in [0.25, 0.3) is 0 Å². The molecule has 2 aromatic rings. The van der Waals surface area contributed by atoms with Gasteiger partial charge in [0.2, 0.25) is 0 Å². The molecule has 0 fully saturated rings. The van der Waals surface area contributed by atoms with Gasteiger partial charge in [0, 0.05) is 25.4 Å². The molecule has 20 heavy (non-hydrogen) atoms. The Labute approximate surface area is 119 Å². The van der Waals surface area contributed by atoms with E-state index in [1.807, 2.05) is 19.3 Å². The third-order valence-corrected chi connectivity index (χ3v) is 3.05. The zero-order valence-corrected chi connectivity index (χ0v) is 12.3. The first-order valence-corrected chi connectivity index (χ1v) is 7.04. The normalized spacial score (nSPS) is 10.6. The van der Waals surface area contributed by atoms with Gasteiger partial charge < -0.3 is 10.6 Å². The van der Waals surface area contributed by atoms with Gasteiger partial charge in [0.25, 0.3) is 0 Å². The third kappa shape index (κ3) is 3.46. The maximum atomic E-state index is 4.35. The van der Waals surface area contributed by atoms with Crippen molar-refractivity contribution in [3.05, 3.63) is 29.8 Å². The Hall–Kier alpha value is -2.11. The van der Waals surface area contributed by atoms with Crippen LogP contribution in [0, 0.1) is 0 Å². The van der Waals surface area contributed by atoms with Crippen LogP contribution in [-0.4, -0.2) is 26.3 Å². The molecule has 0 aliphatic rings.